The predicted molar refractivity (Wildman–Crippen MR) is 89.7 cm³/mol. The number of likely N-dealkylation sites (tertiary alicyclic amines) is 1. The summed E-state index contributed by atoms with van der Waals surface area (Å²) in [7, 11) is 1.67. The molecule has 0 aromatic heterocycles. The average molecular weight is 299 g/mol. The number of carbonyl (C=O) groups excluding carboxylic acids is 1. The van der Waals surface area contributed by atoms with Crippen molar-refractivity contribution in [3.05, 3.63) is 61.2 Å². The number of hydrogen-bond acceptors (Lipinski definition) is 3. The lowest BCUT2D eigenvalue weighted by molar-refractivity contribution is -0.134. The van der Waals surface area contributed by atoms with E-state index in [1.165, 1.54) is 0 Å². The summed E-state index contributed by atoms with van der Waals surface area (Å²) in [6.07, 6.45) is 4.04. The summed E-state index contributed by atoms with van der Waals surface area (Å²) in [5.41, 5.74) is 1.16. The second-order valence-electron chi connectivity index (χ2n) is 5.80. The third kappa shape index (κ3) is 3.21. The minimum atomic E-state index is -0.176. The number of benzene rings is 1. The molecule has 0 aliphatic carbocycles. The number of rotatable bonds is 6. The van der Waals surface area contributed by atoms with Crippen LogP contribution in [0.15, 0.2) is 55.6 Å². The quantitative estimate of drug-likeness (QED) is 0.754. The molecule has 0 radical (unpaired) electrons. The van der Waals surface area contributed by atoms with Crippen LogP contribution >= 0.6 is 0 Å². The normalized spacial score (nSPS) is 27.4. The second-order valence-corrected chi connectivity index (χ2v) is 5.80. The minimum Gasteiger partial charge on any atom is -0.376 e. The maximum Gasteiger partial charge on any atom is 0.139 e. The highest BCUT2D eigenvalue weighted by atomic mass is 16.5. The van der Waals surface area contributed by atoms with E-state index in [-0.39, 0.29) is 29.9 Å². The number of ketones is 1. The van der Waals surface area contributed by atoms with Gasteiger partial charge in [0, 0.05) is 38.1 Å². The van der Waals surface area contributed by atoms with E-state index in [4.69, 9.17) is 4.74 Å². The Bertz CT molecular complexity index is 523. The Morgan fingerprint density at radius 3 is 2.59 bits per heavy atom. The fraction of sp³-hybridized carbons (Fsp3) is 0.421. The smallest absolute Gasteiger partial charge is 0.139 e. The first-order valence-electron chi connectivity index (χ1n) is 7.73. The summed E-state index contributed by atoms with van der Waals surface area (Å²) < 4.78 is 5.57. The number of Topliss-reactive ketones (excluding diaryl/α,β-unsaturated/α-hetero) is 1. The summed E-state index contributed by atoms with van der Waals surface area (Å²) in [5.74, 6) is 0.200. The van der Waals surface area contributed by atoms with Gasteiger partial charge in [0.2, 0.25) is 0 Å². The molecular formula is C19H25NO2. The first-order valence-corrected chi connectivity index (χ1v) is 7.73. The average Bonchev–Trinajstić information content (AvgIpc) is 2.55. The zero-order chi connectivity index (χ0) is 16.1. The van der Waals surface area contributed by atoms with Crippen LogP contribution in [-0.4, -0.2) is 36.5 Å². The summed E-state index contributed by atoms with van der Waals surface area (Å²) in [4.78, 5) is 14.9. The lowest BCUT2D eigenvalue weighted by Crippen LogP contribution is -2.55. The van der Waals surface area contributed by atoms with Gasteiger partial charge in [-0.25, -0.2) is 0 Å². The SMILES string of the molecule is C=CCN1[C@@H]([C@@H](C=C)OC)[C@H](C)C(=O)C[C@H]1c1ccccc1. The highest BCUT2D eigenvalue weighted by molar-refractivity contribution is 5.83. The van der Waals surface area contributed by atoms with E-state index in [9.17, 15) is 4.79 Å². The molecular weight excluding hydrogens is 274 g/mol. The molecule has 3 nitrogen and oxygen atoms in total. The van der Waals surface area contributed by atoms with Gasteiger partial charge >= 0.3 is 0 Å². The molecule has 0 bridgehead atoms. The Hall–Kier alpha value is -1.71. The number of ether oxygens (including phenoxy) is 1. The molecule has 2 rings (SSSR count). The van der Waals surface area contributed by atoms with Crippen LogP contribution in [-0.2, 0) is 9.53 Å². The van der Waals surface area contributed by atoms with E-state index < -0.39 is 0 Å². The molecule has 1 aromatic carbocycles. The Balaban J connectivity index is 2.42. The van der Waals surface area contributed by atoms with Gasteiger partial charge in [-0.3, -0.25) is 9.69 Å². The molecule has 118 valence electrons. The molecule has 0 spiro atoms. The molecule has 0 saturated carbocycles. The Labute approximate surface area is 133 Å². The molecule has 1 saturated heterocycles. The van der Waals surface area contributed by atoms with E-state index in [1.54, 1.807) is 13.2 Å². The van der Waals surface area contributed by atoms with Gasteiger partial charge in [0.05, 0.1) is 6.10 Å². The lowest BCUT2D eigenvalue weighted by Gasteiger charge is -2.46. The van der Waals surface area contributed by atoms with Gasteiger partial charge in [-0.2, -0.15) is 0 Å². The van der Waals surface area contributed by atoms with Crippen molar-refractivity contribution in [3.63, 3.8) is 0 Å². The Kier molecular flexibility index (Phi) is 5.69. The number of carbonyl (C=O) groups is 1. The van der Waals surface area contributed by atoms with Crippen LogP contribution in [0, 0.1) is 5.92 Å². The van der Waals surface area contributed by atoms with Crippen LogP contribution in [0.3, 0.4) is 0 Å². The van der Waals surface area contributed by atoms with Gasteiger partial charge in [0.25, 0.3) is 0 Å². The fourth-order valence-corrected chi connectivity index (χ4v) is 3.41. The summed E-state index contributed by atoms with van der Waals surface area (Å²) in [6, 6.07) is 10.2. The topological polar surface area (TPSA) is 29.5 Å². The molecule has 3 heteroatoms. The van der Waals surface area contributed by atoms with E-state index in [0.29, 0.717) is 6.42 Å². The number of nitrogens with zero attached hydrogens (tertiary/aromatic N) is 1. The fourth-order valence-electron chi connectivity index (χ4n) is 3.41. The first kappa shape index (κ1) is 16.7. The largest absolute Gasteiger partial charge is 0.376 e. The van der Waals surface area contributed by atoms with Crippen molar-refractivity contribution in [2.45, 2.75) is 31.5 Å². The molecule has 1 heterocycles. The molecule has 0 unspecified atom stereocenters. The van der Waals surface area contributed by atoms with Crippen molar-refractivity contribution in [2.75, 3.05) is 13.7 Å². The summed E-state index contributed by atoms with van der Waals surface area (Å²) in [6.45, 7) is 10.5. The highest BCUT2D eigenvalue weighted by Crippen LogP contribution is 2.37. The van der Waals surface area contributed by atoms with Crippen molar-refractivity contribution < 1.29 is 9.53 Å². The predicted octanol–water partition coefficient (Wildman–Crippen LogP) is 3.39. The van der Waals surface area contributed by atoms with Gasteiger partial charge in [-0.05, 0) is 5.56 Å². The third-order valence-electron chi connectivity index (χ3n) is 4.56. The third-order valence-corrected chi connectivity index (χ3v) is 4.56. The van der Waals surface area contributed by atoms with E-state index in [2.05, 4.69) is 30.2 Å². The number of methoxy groups -OCH3 is 1. The standard InChI is InChI=1S/C19H25NO2/c1-5-12-20-16(15-10-8-7-9-11-15)13-17(21)14(3)19(20)18(6-2)22-4/h5-11,14,16,18-19H,1-2,12-13H2,3-4H3/t14-,16+,18-,19-/m1/s1. The molecule has 0 N–H and O–H groups in total. The Morgan fingerprint density at radius 1 is 1.36 bits per heavy atom. The van der Waals surface area contributed by atoms with Crippen LogP contribution < -0.4 is 0 Å². The van der Waals surface area contributed by atoms with Crippen LogP contribution in [0.5, 0.6) is 0 Å². The molecule has 22 heavy (non-hydrogen) atoms. The van der Waals surface area contributed by atoms with Gasteiger partial charge in [0.15, 0.2) is 0 Å². The molecule has 1 fully saturated rings. The minimum absolute atomic E-state index is 0.0213. The zero-order valence-electron chi connectivity index (χ0n) is 13.4. The maximum absolute atomic E-state index is 12.5. The molecule has 0 amide bonds. The van der Waals surface area contributed by atoms with E-state index in [1.807, 2.05) is 31.2 Å². The van der Waals surface area contributed by atoms with Crippen LogP contribution in [0.1, 0.15) is 24.9 Å². The second kappa shape index (κ2) is 7.52. The van der Waals surface area contributed by atoms with Crippen molar-refractivity contribution in [1.82, 2.24) is 4.90 Å². The van der Waals surface area contributed by atoms with Crippen LogP contribution in [0.2, 0.25) is 0 Å². The summed E-state index contributed by atoms with van der Waals surface area (Å²) in [5, 5.41) is 0. The van der Waals surface area contributed by atoms with Gasteiger partial charge in [-0.1, -0.05) is 49.4 Å². The number of hydrogen-bond donors (Lipinski definition) is 0. The highest BCUT2D eigenvalue weighted by Gasteiger charge is 2.43. The van der Waals surface area contributed by atoms with Gasteiger partial charge in [-0.15, -0.1) is 13.2 Å². The van der Waals surface area contributed by atoms with Crippen LogP contribution in [0.4, 0.5) is 0 Å². The maximum atomic E-state index is 12.5. The lowest BCUT2D eigenvalue weighted by atomic mass is 9.80. The Morgan fingerprint density at radius 2 is 2.05 bits per heavy atom. The monoisotopic (exact) mass is 299 g/mol. The van der Waals surface area contributed by atoms with E-state index >= 15 is 0 Å². The zero-order valence-corrected chi connectivity index (χ0v) is 13.4. The van der Waals surface area contributed by atoms with Crippen molar-refractivity contribution >= 4 is 5.78 Å². The van der Waals surface area contributed by atoms with Gasteiger partial charge < -0.3 is 4.74 Å². The molecule has 1 aliphatic rings. The summed E-state index contributed by atoms with van der Waals surface area (Å²) >= 11 is 0. The van der Waals surface area contributed by atoms with Crippen molar-refractivity contribution in [2.24, 2.45) is 5.92 Å². The van der Waals surface area contributed by atoms with Crippen molar-refractivity contribution in [3.8, 4) is 0 Å². The molecule has 4 atom stereocenters. The molecule has 1 aliphatic heterocycles. The van der Waals surface area contributed by atoms with Crippen LogP contribution in [0.25, 0.3) is 0 Å². The van der Waals surface area contributed by atoms with Crippen molar-refractivity contribution in [1.29, 1.82) is 0 Å². The number of piperidine rings is 1. The van der Waals surface area contributed by atoms with Gasteiger partial charge in [0.1, 0.15) is 5.78 Å². The van der Waals surface area contributed by atoms with E-state index in [0.717, 1.165) is 12.1 Å². The first-order chi connectivity index (χ1) is 10.6. The molecule has 1 aromatic rings.